The first-order valence-corrected chi connectivity index (χ1v) is 21.9. The fourth-order valence-corrected chi connectivity index (χ4v) is 9.48. The molecule has 48 heavy (non-hydrogen) atoms. The Kier molecular flexibility index (Phi) is 14.4. The van der Waals surface area contributed by atoms with Crippen molar-refractivity contribution in [1.29, 1.82) is 0 Å². The Labute approximate surface area is 307 Å². The number of nitrogens with zero attached hydrogens (tertiary/aromatic N) is 1. The predicted molar refractivity (Wildman–Crippen MR) is 209 cm³/mol. The third kappa shape index (κ3) is 8.93. The van der Waals surface area contributed by atoms with E-state index in [0.717, 1.165) is 43.4 Å². The van der Waals surface area contributed by atoms with E-state index in [9.17, 15) is 9.90 Å². The van der Waals surface area contributed by atoms with Crippen LogP contribution in [0.1, 0.15) is 78.4 Å². The molecule has 0 aliphatic rings. The minimum atomic E-state index is -1.54. The molecule has 0 amide bonds. The Bertz CT molecular complexity index is 1880. The summed E-state index contributed by atoms with van der Waals surface area (Å²) in [4.78, 5) is 16.6. The molecular weight excluding hydrogens is 803 g/mol. The summed E-state index contributed by atoms with van der Waals surface area (Å²) in [6.07, 6.45) is 8.00. The monoisotopic (exact) mass is 857 g/mol. The first-order chi connectivity index (χ1) is 22.3. The number of aliphatic hydroxyl groups is 1. The quantitative estimate of drug-likeness (QED) is 0.0623. The molecule has 6 heteroatoms. The molecule has 0 saturated carbocycles. The molecule has 0 spiro atoms. The maximum atomic E-state index is 11.7. The van der Waals surface area contributed by atoms with Gasteiger partial charge in [0, 0.05) is 64.7 Å². The summed E-state index contributed by atoms with van der Waals surface area (Å²) in [5, 5.41) is 16.4. The topological polar surface area (TPSA) is 50.2 Å². The molecule has 0 aliphatic carbocycles. The van der Waals surface area contributed by atoms with Gasteiger partial charge in [-0.1, -0.05) is 102 Å². The molecule has 0 atom stereocenters. The summed E-state index contributed by atoms with van der Waals surface area (Å²) in [6, 6.07) is 21.6. The molecule has 0 fully saturated rings. The van der Waals surface area contributed by atoms with Gasteiger partial charge in [0.05, 0.1) is 13.8 Å². The SMILES string of the molecule is CCC(CC)C(=O)/C=C(\O)C(CC)CC.Cc1c(CC(C)C)ccc2c1sc1c(-c3[c-]c4ccccc4c([Si](C)(C)C)c3)nccc12.[Ir]. The largest absolute Gasteiger partial charge is 0.512 e. The maximum Gasteiger partial charge on any atom is 0.162 e. The van der Waals surface area contributed by atoms with Gasteiger partial charge in [0.15, 0.2) is 5.78 Å². The van der Waals surface area contributed by atoms with Gasteiger partial charge in [0.1, 0.15) is 0 Å². The van der Waals surface area contributed by atoms with Gasteiger partial charge in [-0.15, -0.1) is 40.1 Å². The number of ketones is 1. The van der Waals surface area contributed by atoms with Crippen molar-refractivity contribution >= 4 is 61.3 Å². The van der Waals surface area contributed by atoms with E-state index < -0.39 is 8.07 Å². The van der Waals surface area contributed by atoms with Gasteiger partial charge in [0.2, 0.25) is 0 Å². The third-order valence-electron chi connectivity index (χ3n) is 9.47. The molecule has 0 saturated heterocycles. The first kappa shape index (κ1) is 39.8. The van der Waals surface area contributed by atoms with Crippen LogP contribution in [0.25, 0.3) is 42.2 Å². The number of aromatic nitrogens is 1. The Hall–Kier alpha value is -2.63. The molecule has 2 aromatic heterocycles. The molecule has 0 bridgehead atoms. The number of allylic oxidation sites excluding steroid dienone is 2. The second kappa shape index (κ2) is 17.3. The zero-order chi connectivity index (χ0) is 34.5. The van der Waals surface area contributed by atoms with Crippen LogP contribution in [0, 0.1) is 30.7 Å². The summed E-state index contributed by atoms with van der Waals surface area (Å²) < 4.78 is 2.68. The minimum absolute atomic E-state index is 0. The van der Waals surface area contributed by atoms with E-state index in [1.54, 1.807) is 0 Å². The predicted octanol–water partition coefficient (Wildman–Crippen LogP) is 12.0. The van der Waals surface area contributed by atoms with Crippen LogP contribution in [0.3, 0.4) is 0 Å². The van der Waals surface area contributed by atoms with Crippen molar-refractivity contribution in [2.75, 3.05) is 0 Å². The number of carbonyl (C=O) groups is 1. The number of thiophene rings is 1. The minimum Gasteiger partial charge on any atom is -0.512 e. The van der Waals surface area contributed by atoms with Crippen LogP contribution >= 0.6 is 11.3 Å². The van der Waals surface area contributed by atoms with E-state index >= 15 is 0 Å². The van der Waals surface area contributed by atoms with Gasteiger partial charge < -0.3 is 5.11 Å². The van der Waals surface area contributed by atoms with Crippen molar-refractivity contribution < 1.29 is 30.0 Å². The number of carbonyl (C=O) groups excluding carboxylic acids is 1. The van der Waals surface area contributed by atoms with E-state index in [0.29, 0.717) is 5.92 Å². The van der Waals surface area contributed by atoms with Crippen LogP contribution in [0.5, 0.6) is 0 Å². The van der Waals surface area contributed by atoms with E-state index in [1.165, 1.54) is 53.3 Å². The molecule has 5 rings (SSSR count). The molecule has 5 aromatic rings. The molecule has 0 aliphatic heterocycles. The van der Waals surface area contributed by atoms with Gasteiger partial charge in [-0.25, -0.2) is 0 Å². The molecule has 0 unspecified atom stereocenters. The van der Waals surface area contributed by atoms with Crippen molar-refractivity contribution in [1.82, 2.24) is 4.98 Å². The van der Waals surface area contributed by atoms with Crippen LogP contribution in [0.2, 0.25) is 19.6 Å². The number of benzene rings is 3. The van der Waals surface area contributed by atoms with Gasteiger partial charge in [-0.3, -0.25) is 9.78 Å². The van der Waals surface area contributed by atoms with Gasteiger partial charge in [0.25, 0.3) is 0 Å². The van der Waals surface area contributed by atoms with Crippen molar-refractivity contribution in [3.8, 4) is 11.3 Å². The van der Waals surface area contributed by atoms with Gasteiger partial charge in [-0.05, 0) is 67.5 Å². The van der Waals surface area contributed by atoms with Crippen molar-refractivity contribution in [3.63, 3.8) is 0 Å². The van der Waals surface area contributed by atoms with Gasteiger partial charge in [-0.2, -0.15) is 0 Å². The van der Waals surface area contributed by atoms with Crippen molar-refractivity contribution in [3.05, 3.63) is 83.8 Å². The van der Waals surface area contributed by atoms with E-state index in [-0.39, 0.29) is 43.5 Å². The Morgan fingerprint density at radius 2 is 1.52 bits per heavy atom. The molecule has 3 nitrogen and oxygen atoms in total. The molecule has 1 radical (unpaired) electrons. The van der Waals surface area contributed by atoms with Crippen molar-refractivity contribution in [2.24, 2.45) is 17.8 Å². The summed E-state index contributed by atoms with van der Waals surface area (Å²) in [7, 11) is -1.54. The smallest absolute Gasteiger partial charge is 0.162 e. The van der Waals surface area contributed by atoms with E-state index in [1.807, 2.05) is 45.2 Å². The van der Waals surface area contributed by atoms with E-state index in [2.05, 4.69) is 95.0 Å². The third-order valence-corrected chi connectivity index (χ3v) is 12.8. The molecule has 3 aromatic carbocycles. The normalized spacial score (nSPS) is 12.2. The number of rotatable bonds is 11. The molecule has 2 heterocycles. The number of fused-ring (bicyclic) bond motifs is 4. The summed E-state index contributed by atoms with van der Waals surface area (Å²) >= 11 is 1.90. The summed E-state index contributed by atoms with van der Waals surface area (Å²) in [5.74, 6) is 1.20. The van der Waals surface area contributed by atoms with E-state index in [4.69, 9.17) is 4.98 Å². The maximum absolute atomic E-state index is 11.7. The Morgan fingerprint density at radius 1 is 0.896 bits per heavy atom. The van der Waals surface area contributed by atoms with Crippen LogP contribution in [-0.2, 0) is 31.3 Å². The second-order valence-electron chi connectivity index (χ2n) is 14.4. The number of hydrogen-bond donors (Lipinski definition) is 1. The number of hydrogen-bond acceptors (Lipinski definition) is 4. The summed E-state index contributed by atoms with van der Waals surface area (Å²) in [5.41, 5.74) is 5.08. The average Bonchev–Trinajstić information content (AvgIpc) is 3.42. The number of aliphatic hydroxyl groups excluding tert-OH is 1. The van der Waals surface area contributed by atoms with Crippen LogP contribution in [0.15, 0.2) is 66.6 Å². The van der Waals surface area contributed by atoms with Crippen molar-refractivity contribution in [2.45, 2.75) is 100 Å². The van der Waals surface area contributed by atoms with Crippen LogP contribution in [0.4, 0.5) is 0 Å². The number of aryl methyl sites for hydroxylation is 1. The summed E-state index contributed by atoms with van der Waals surface area (Å²) in [6.45, 7) is 22.2. The zero-order valence-corrected chi connectivity index (χ0v) is 34.8. The standard InChI is InChI=1S/C29H30NSSi.C13H24O2.Ir/c1-18(2)15-20-11-12-24-25-13-14-30-27(29(25)31-28(24)19(20)3)22-16-21-9-7-8-10-23(21)26(17-22)32(4,5)6;1-5-10(6-2)12(14)9-13(15)11(7-3)8-4;/h7-14,17-18H,15H2,1-6H3;9-11,14H,5-8H2,1-4H3;/q-1;;/b;12-9-;. The Morgan fingerprint density at radius 3 is 2.12 bits per heavy atom. The van der Waals surface area contributed by atoms with Crippen LogP contribution in [-0.4, -0.2) is 23.9 Å². The molecular formula is C42H54IrNO2SSi-. The first-order valence-electron chi connectivity index (χ1n) is 17.5. The van der Waals surface area contributed by atoms with Crippen LogP contribution < -0.4 is 5.19 Å². The zero-order valence-electron chi connectivity index (χ0n) is 30.6. The molecule has 259 valence electrons. The number of pyridine rings is 1. The second-order valence-corrected chi connectivity index (χ2v) is 20.4. The average molecular weight is 857 g/mol. The van der Waals surface area contributed by atoms with Gasteiger partial charge >= 0.3 is 0 Å². The Balaban J connectivity index is 0.000000334. The fourth-order valence-electron chi connectivity index (χ4n) is 6.55. The fraction of sp³-hybridized carbons (Fsp3) is 0.429. The molecule has 1 N–H and O–H groups in total.